The lowest BCUT2D eigenvalue weighted by atomic mass is 9.99. The summed E-state index contributed by atoms with van der Waals surface area (Å²) >= 11 is 0. The number of hydrogen-bond acceptors (Lipinski definition) is 4. The highest BCUT2D eigenvalue weighted by atomic mass is 16.5. The molecule has 68 valence electrons. The summed E-state index contributed by atoms with van der Waals surface area (Å²) in [4.78, 5) is 0. The van der Waals surface area contributed by atoms with Crippen LogP contribution in [0.4, 0.5) is 0 Å². The van der Waals surface area contributed by atoms with E-state index in [4.69, 9.17) is 20.4 Å². The van der Waals surface area contributed by atoms with Crippen molar-refractivity contribution in [1.29, 1.82) is 0 Å². The maximum absolute atomic E-state index is 9.00. The minimum Gasteiger partial charge on any atom is -0.396 e. The number of rotatable bonds is 5. The van der Waals surface area contributed by atoms with Crippen molar-refractivity contribution in [2.75, 3.05) is 6.61 Å². The second-order valence-corrected chi connectivity index (χ2v) is 2.74. The smallest absolute Gasteiger partial charge is 0.151 e. The molecule has 0 spiro atoms. The number of hydrogen-bond donors (Lipinski definition) is 4. The first-order chi connectivity index (χ1) is 5.07. The van der Waals surface area contributed by atoms with Crippen LogP contribution in [0.25, 0.3) is 0 Å². The SMILES string of the molecule is CC(O)C(CO)CCC(O)O. The third-order valence-corrected chi connectivity index (χ3v) is 1.71. The van der Waals surface area contributed by atoms with Crippen LogP contribution >= 0.6 is 0 Å². The summed E-state index contributed by atoms with van der Waals surface area (Å²) in [5.41, 5.74) is 0. The Bertz CT molecular complexity index is 92.4. The van der Waals surface area contributed by atoms with Gasteiger partial charge in [0, 0.05) is 12.5 Å². The molecule has 0 aromatic heterocycles. The molecule has 11 heavy (non-hydrogen) atoms. The van der Waals surface area contributed by atoms with Gasteiger partial charge in [0.2, 0.25) is 0 Å². The Morgan fingerprint density at radius 3 is 1.91 bits per heavy atom. The number of aliphatic hydroxyl groups is 4. The summed E-state index contributed by atoms with van der Waals surface area (Å²) < 4.78 is 0. The molecule has 0 aromatic carbocycles. The summed E-state index contributed by atoms with van der Waals surface area (Å²) in [5.74, 6) is -0.253. The molecular formula is C7H16O4. The van der Waals surface area contributed by atoms with Gasteiger partial charge in [0.25, 0.3) is 0 Å². The zero-order valence-electron chi connectivity index (χ0n) is 6.64. The van der Waals surface area contributed by atoms with Gasteiger partial charge in [-0.05, 0) is 19.8 Å². The largest absolute Gasteiger partial charge is 0.396 e. The van der Waals surface area contributed by atoms with Crippen LogP contribution in [0.3, 0.4) is 0 Å². The maximum Gasteiger partial charge on any atom is 0.151 e. The van der Waals surface area contributed by atoms with E-state index in [1.807, 2.05) is 0 Å². The third-order valence-electron chi connectivity index (χ3n) is 1.71. The molecule has 0 aromatic rings. The Labute approximate surface area is 66.1 Å². The Hall–Kier alpha value is -0.160. The fourth-order valence-corrected chi connectivity index (χ4v) is 0.848. The molecule has 0 heterocycles. The van der Waals surface area contributed by atoms with E-state index >= 15 is 0 Å². The zero-order chi connectivity index (χ0) is 8.85. The molecule has 0 aliphatic rings. The van der Waals surface area contributed by atoms with E-state index in [0.29, 0.717) is 6.42 Å². The van der Waals surface area contributed by atoms with Crippen LogP contribution in [-0.4, -0.2) is 39.4 Å². The Morgan fingerprint density at radius 2 is 1.64 bits per heavy atom. The van der Waals surface area contributed by atoms with E-state index < -0.39 is 12.4 Å². The molecular weight excluding hydrogens is 148 g/mol. The van der Waals surface area contributed by atoms with Crippen LogP contribution in [0, 0.1) is 5.92 Å². The molecule has 0 radical (unpaired) electrons. The first kappa shape index (κ1) is 10.8. The summed E-state index contributed by atoms with van der Waals surface area (Å²) in [6, 6.07) is 0. The van der Waals surface area contributed by atoms with Crippen molar-refractivity contribution in [1.82, 2.24) is 0 Å². The van der Waals surface area contributed by atoms with Crippen LogP contribution in [0.5, 0.6) is 0 Å². The molecule has 0 rings (SSSR count). The Kier molecular flexibility index (Phi) is 5.41. The van der Waals surface area contributed by atoms with Gasteiger partial charge in [-0.25, -0.2) is 0 Å². The van der Waals surface area contributed by atoms with Crippen LogP contribution < -0.4 is 0 Å². The topological polar surface area (TPSA) is 80.9 Å². The van der Waals surface area contributed by atoms with Crippen molar-refractivity contribution in [3.05, 3.63) is 0 Å². The lowest BCUT2D eigenvalue weighted by molar-refractivity contribution is -0.0543. The van der Waals surface area contributed by atoms with E-state index in [1.54, 1.807) is 6.92 Å². The normalized spacial score (nSPS) is 16.9. The first-order valence-corrected chi connectivity index (χ1v) is 3.73. The van der Waals surface area contributed by atoms with E-state index in [1.165, 1.54) is 0 Å². The molecule has 0 aliphatic carbocycles. The standard InChI is InChI=1S/C7H16O4/c1-5(9)6(4-8)2-3-7(10)11/h5-11H,2-4H2,1H3. The molecule has 0 fully saturated rings. The predicted molar refractivity (Wildman–Crippen MR) is 39.7 cm³/mol. The monoisotopic (exact) mass is 164 g/mol. The number of aliphatic hydroxyl groups excluding tert-OH is 3. The molecule has 0 saturated carbocycles. The minimum absolute atomic E-state index is 0.121. The highest BCUT2D eigenvalue weighted by Gasteiger charge is 2.14. The van der Waals surface area contributed by atoms with Crippen LogP contribution in [0.1, 0.15) is 19.8 Å². The first-order valence-electron chi connectivity index (χ1n) is 3.73. The molecule has 4 heteroatoms. The van der Waals surface area contributed by atoms with E-state index in [-0.39, 0.29) is 18.9 Å². The van der Waals surface area contributed by atoms with E-state index in [2.05, 4.69) is 0 Å². The van der Waals surface area contributed by atoms with Crippen LogP contribution in [-0.2, 0) is 0 Å². The summed E-state index contributed by atoms with van der Waals surface area (Å²) in [6.45, 7) is 1.45. The van der Waals surface area contributed by atoms with Gasteiger partial charge in [-0.3, -0.25) is 0 Å². The molecule has 0 amide bonds. The van der Waals surface area contributed by atoms with Gasteiger partial charge < -0.3 is 20.4 Å². The van der Waals surface area contributed by atoms with Crippen molar-refractivity contribution in [2.24, 2.45) is 5.92 Å². The molecule has 4 N–H and O–H groups in total. The van der Waals surface area contributed by atoms with Crippen LogP contribution in [0.2, 0.25) is 0 Å². The fourth-order valence-electron chi connectivity index (χ4n) is 0.848. The van der Waals surface area contributed by atoms with Gasteiger partial charge in [0.1, 0.15) is 0 Å². The molecule has 4 nitrogen and oxygen atoms in total. The van der Waals surface area contributed by atoms with E-state index in [9.17, 15) is 0 Å². The van der Waals surface area contributed by atoms with Crippen molar-refractivity contribution in [3.8, 4) is 0 Å². The minimum atomic E-state index is -1.34. The molecule has 2 unspecified atom stereocenters. The second kappa shape index (κ2) is 5.49. The third kappa shape index (κ3) is 5.15. The van der Waals surface area contributed by atoms with Crippen molar-refractivity contribution >= 4 is 0 Å². The Morgan fingerprint density at radius 1 is 1.09 bits per heavy atom. The lowest BCUT2D eigenvalue weighted by Gasteiger charge is -2.17. The van der Waals surface area contributed by atoms with Crippen LogP contribution in [0.15, 0.2) is 0 Å². The highest BCUT2D eigenvalue weighted by Crippen LogP contribution is 2.11. The van der Waals surface area contributed by atoms with Gasteiger partial charge in [-0.1, -0.05) is 0 Å². The molecule has 0 aliphatic heterocycles. The van der Waals surface area contributed by atoms with Gasteiger partial charge in [-0.2, -0.15) is 0 Å². The van der Waals surface area contributed by atoms with Gasteiger partial charge in [0.05, 0.1) is 6.10 Å². The second-order valence-electron chi connectivity index (χ2n) is 2.74. The Balaban J connectivity index is 3.52. The molecule has 0 bridgehead atoms. The summed E-state index contributed by atoms with van der Waals surface area (Å²) in [5, 5.41) is 34.6. The lowest BCUT2D eigenvalue weighted by Crippen LogP contribution is -2.22. The highest BCUT2D eigenvalue weighted by molar-refractivity contribution is 4.63. The maximum atomic E-state index is 9.00. The van der Waals surface area contributed by atoms with Gasteiger partial charge in [0.15, 0.2) is 6.29 Å². The summed E-state index contributed by atoms with van der Waals surface area (Å²) in [7, 11) is 0. The average molecular weight is 164 g/mol. The quantitative estimate of drug-likeness (QED) is 0.396. The average Bonchev–Trinajstić information content (AvgIpc) is 1.87. The molecule has 0 saturated heterocycles. The van der Waals surface area contributed by atoms with E-state index in [0.717, 1.165) is 0 Å². The molecule has 2 atom stereocenters. The summed E-state index contributed by atoms with van der Waals surface area (Å²) in [6.07, 6.45) is -1.33. The van der Waals surface area contributed by atoms with Gasteiger partial charge >= 0.3 is 0 Å². The van der Waals surface area contributed by atoms with Crippen molar-refractivity contribution < 1.29 is 20.4 Å². The van der Waals surface area contributed by atoms with Crippen molar-refractivity contribution in [3.63, 3.8) is 0 Å². The zero-order valence-corrected chi connectivity index (χ0v) is 6.64. The van der Waals surface area contributed by atoms with Gasteiger partial charge in [-0.15, -0.1) is 0 Å². The fraction of sp³-hybridized carbons (Fsp3) is 1.00. The van der Waals surface area contributed by atoms with Crippen molar-refractivity contribution in [2.45, 2.75) is 32.2 Å². The predicted octanol–water partition coefficient (Wildman–Crippen LogP) is -0.933.